The number of para-hydroxylation sites is 1. The summed E-state index contributed by atoms with van der Waals surface area (Å²) < 4.78 is 33.1. The number of benzene rings is 1. The predicted molar refractivity (Wildman–Crippen MR) is 68.7 cm³/mol. The van der Waals surface area contributed by atoms with Crippen LogP contribution in [-0.4, -0.2) is 18.0 Å². The largest absolute Gasteiger partial charge is 0.357 e. The second-order valence-electron chi connectivity index (χ2n) is 4.60. The van der Waals surface area contributed by atoms with Gasteiger partial charge in [-0.15, -0.1) is 0 Å². The molecule has 0 radical (unpaired) electrons. The van der Waals surface area contributed by atoms with E-state index in [0.29, 0.717) is 6.42 Å². The zero-order valence-corrected chi connectivity index (χ0v) is 10.5. The summed E-state index contributed by atoms with van der Waals surface area (Å²) >= 11 is 0. The Kier molecular flexibility index (Phi) is 2.65. The third-order valence-electron chi connectivity index (χ3n) is 3.41. The van der Waals surface area contributed by atoms with Crippen LogP contribution >= 0.6 is 0 Å². The maximum Gasteiger partial charge on any atom is 0.333 e. The second kappa shape index (κ2) is 4.08. The molecular weight excluding hydrogens is 252 g/mol. The molecule has 0 saturated heterocycles. The summed E-state index contributed by atoms with van der Waals surface area (Å²) in [5.41, 5.74) is 3.03. The third kappa shape index (κ3) is 2.03. The first kappa shape index (κ1) is 11.7. The van der Waals surface area contributed by atoms with Crippen LogP contribution in [-0.2, 0) is 16.7 Å². The third-order valence-corrected chi connectivity index (χ3v) is 3.99. The zero-order chi connectivity index (χ0) is 12.8. The number of aromatic amines is 1. The number of fused-ring (bicyclic) bond motifs is 3. The summed E-state index contributed by atoms with van der Waals surface area (Å²) in [6.07, 6.45) is 2.53. The van der Waals surface area contributed by atoms with Crippen molar-refractivity contribution in [2.45, 2.75) is 25.3 Å². The molecule has 18 heavy (non-hydrogen) atoms. The highest BCUT2D eigenvalue weighted by Gasteiger charge is 2.26. The first-order valence-electron chi connectivity index (χ1n) is 5.89. The van der Waals surface area contributed by atoms with Crippen molar-refractivity contribution in [1.82, 2.24) is 9.71 Å². The molecule has 0 amide bonds. The molecule has 1 unspecified atom stereocenters. The highest BCUT2D eigenvalue weighted by atomic mass is 32.2. The first-order valence-corrected chi connectivity index (χ1v) is 7.33. The van der Waals surface area contributed by atoms with E-state index < -0.39 is 10.3 Å². The second-order valence-corrected chi connectivity index (χ2v) is 5.79. The van der Waals surface area contributed by atoms with Gasteiger partial charge in [-0.3, -0.25) is 4.55 Å². The topological polar surface area (TPSA) is 82.2 Å². The molecule has 0 bridgehead atoms. The molecule has 3 rings (SSSR count). The van der Waals surface area contributed by atoms with Gasteiger partial charge in [0.1, 0.15) is 0 Å². The van der Waals surface area contributed by atoms with Gasteiger partial charge in [0.05, 0.1) is 6.04 Å². The number of aryl methyl sites for hydroxylation is 1. The van der Waals surface area contributed by atoms with Crippen molar-refractivity contribution >= 4 is 21.2 Å². The molecule has 1 heterocycles. The van der Waals surface area contributed by atoms with E-state index in [-0.39, 0.29) is 6.04 Å². The molecule has 0 fully saturated rings. The maximum atomic E-state index is 11.0. The van der Waals surface area contributed by atoms with Gasteiger partial charge in [-0.05, 0) is 30.9 Å². The molecular formula is C12H14N2O3S. The van der Waals surface area contributed by atoms with Crippen LogP contribution in [0.1, 0.15) is 30.1 Å². The van der Waals surface area contributed by atoms with E-state index in [0.717, 1.165) is 35.0 Å². The number of hydrogen-bond acceptors (Lipinski definition) is 2. The fraction of sp³-hybridized carbons (Fsp3) is 0.333. The lowest BCUT2D eigenvalue weighted by molar-refractivity contribution is 0.435. The minimum absolute atomic E-state index is 0.365. The zero-order valence-electron chi connectivity index (χ0n) is 9.68. The number of hydrogen-bond donors (Lipinski definition) is 3. The Morgan fingerprint density at radius 1 is 1.33 bits per heavy atom. The molecule has 1 aliphatic carbocycles. The quantitative estimate of drug-likeness (QED) is 0.726. The van der Waals surface area contributed by atoms with Crippen LogP contribution in [0.15, 0.2) is 24.3 Å². The Morgan fingerprint density at radius 2 is 2.11 bits per heavy atom. The minimum Gasteiger partial charge on any atom is -0.357 e. The van der Waals surface area contributed by atoms with Crippen LogP contribution in [0.2, 0.25) is 0 Å². The van der Waals surface area contributed by atoms with E-state index in [1.807, 2.05) is 24.3 Å². The molecule has 96 valence electrons. The Labute approximate surface area is 105 Å². The predicted octanol–water partition coefficient (Wildman–Crippen LogP) is 1.94. The van der Waals surface area contributed by atoms with Crippen molar-refractivity contribution in [3.8, 4) is 0 Å². The molecule has 2 aromatic rings. The maximum absolute atomic E-state index is 11.0. The fourth-order valence-electron chi connectivity index (χ4n) is 2.71. The number of aromatic nitrogens is 1. The first-order chi connectivity index (χ1) is 8.54. The van der Waals surface area contributed by atoms with Gasteiger partial charge in [-0.2, -0.15) is 13.1 Å². The van der Waals surface area contributed by atoms with Crippen molar-refractivity contribution < 1.29 is 13.0 Å². The Balaban J connectivity index is 2.10. The number of rotatable bonds is 2. The van der Waals surface area contributed by atoms with Crippen LogP contribution in [0.5, 0.6) is 0 Å². The summed E-state index contributed by atoms with van der Waals surface area (Å²) in [4.78, 5) is 3.25. The Morgan fingerprint density at radius 3 is 2.89 bits per heavy atom. The van der Waals surface area contributed by atoms with E-state index >= 15 is 0 Å². The summed E-state index contributed by atoms with van der Waals surface area (Å²) in [5.74, 6) is 0. The van der Waals surface area contributed by atoms with E-state index in [9.17, 15) is 8.42 Å². The molecule has 5 nitrogen and oxygen atoms in total. The molecule has 0 aliphatic heterocycles. The molecule has 1 aliphatic rings. The number of H-pyrrole nitrogens is 1. The Bertz CT molecular complexity index is 690. The van der Waals surface area contributed by atoms with Gasteiger partial charge in [0.25, 0.3) is 0 Å². The average Bonchev–Trinajstić information content (AvgIpc) is 2.67. The normalized spacial score (nSPS) is 19.9. The standard InChI is InChI=1S/C12H14N2O3S/c15-18(16,17)14-11-7-3-5-9-8-4-1-2-6-10(8)13-12(9)11/h1-2,4,6,11,13-14H,3,5,7H2,(H,15,16,17). The van der Waals surface area contributed by atoms with E-state index in [1.54, 1.807) is 0 Å². The summed E-state index contributed by atoms with van der Waals surface area (Å²) in [5, 5.41) is 1.13. The van der Waals surface area contributed by atoms with Crippen molar-refractivity contribution in [2.75, 3.05) is 0 Å². The molecule has 6 heteroatoms. The highest BCUT2D eigenvalue weighted by molar-refractivity contribution is 7.83. The SMILES string of the molecule is O=S(=O)(O)NC1CCCc2c1[nH]c1ccccc21. The molecule has 1 aromatic carbocycles. The lowest BCUT2D eigenvalue weighted by Gasteiger charge is -2.22. The summed E-state index contributed by atoms with van der Waals surface area (Å²) in [6.45, 7) is 0. The van der Waals surface area contributed by atoms with Crippen LogP contribution in [0.4, 0.5) is 0 Å². The van der Waals surface area contributed by atoms with Crippen LogP contribution in [0, 0.1) is 0 Å². The van der Waals surface area contributed by atoms with Crippen molar-refractivity contribution in [3.05, 3.63) is 35.5 Å². The van der Waals surface area contributed by atoms with Crippen molar-refractivity contribution in [3.63, 3.8) is 0 Å². The minimum atomic E-state index is -4.17. The molecule has 0 saturated carbocycles. The monoisotopic (exact) mass is 266 g/mol. The highest BCUT2D eigenvalue weighted by Crippen LogP contribution is 2.34. The van der Waals surface area contributed by atoms with Gasteiger partial charge in [0.2, 0.25) is 0 Å². The van der Waals surface area contributed by atoms with Gasteiger partial charge < -0.3 is 4.98 Å². The van der Waals surface area contributed by atoms with Gasteiger partial charge in [0, 0.05) is 16.6 Å². The van der Waals surface area contributed by atoms with Crippen LogP contribution in [0.25, 0.3) is 10.9 Å². The summed E-state index contributed by atoms with van der Waals surface area (Å²) in [7, 11) is -4.17. The average molecular weight is 266 g/mol. The van der Waals surface area contributed by atoms with E-state index in [4.69, 9.17) is 4.55 Å². The molecule has 1 aromatic heterocycles. The molecule has 3 N–H and O–H groups in total. The van der Waals surface area contributed by atoms with E-state index in [2.05, 4.69) is 9.71 Å². The van der Waals surface area contributed by atoms with Crippen molar-refractivity contribution in [2.24, 2.45) is 0 Å². The lowest BCUT2D eigenvalue weighted by Crippen LogP contribution is -2.30. The summed E-state index contributed by atoms with van der Waals surface area (Å²) in [6, 6.07) is 7.54. The van der Waals surface area contributed by atoms with Gasteiger partial charge in [-0.1, -0.05) is 18.2 Å². The Hall–Kier alpha value is -1.37. The van der Waals surface area contributed by atoms with Crippen molar-refractivity contribution in [1.29, 1.82) is 0 Å². The fourth-order valence-corrected chi connectivity index (χ4v) is 3.31. The van der Waals surface area contributed by atoms with Gasteiger partial charge in [0.15, 0.2) is 0 Å². The smallest absolute Gasteiger partial charge is 0.333 e. The van der Waals surface area contributed by atoms with Gasteiger partial charge in [-0.25, -0.2) is 0 Å². The molecule has 1 atom stereocenters. The van der Waals surface area contributed by atoms with Crippen LogP contribution < -0.4 is 4.72 Å². The van der Waals surface area contributed by atoms with Gasteiger partial charge >= 0.3 is 10.3 Å². The number of nitrogens with one attached hydrogen (secondary N) is 2. The molecule has 0 spiro atoms. The van der Waals surface area contributed by atoms with Crippen LogP contribution in [0.3, 0.4) is 0 Å². The lowest BCUT2D eigenvalue weighted by atomic mass is 9.92. The van der Waals surface area contributed by atoms with E-state index in [1.165, 1.54) is 0 Å².